The van der Waals surface area contributed by atoms with Crippen LogP contribution in [0.1, 0.15) is 26.3 Å². The number of hydrogen-bond acceptors (Lipinski definition) is 2. The molecule has 1 aliphatic rings. The van der Waals surface area contributed by atoms with Crippen molar-refractivity contribution in [2.24, 2.45) is 10.4 Å². The van der Waals surface area contributed by atoms with Crippen molar-refractivity contribution in [3.63, 3.8) is 0 Å². The van der Waals surface area contributed by atoms with Gasteiger partial charge in [-0.25, -0.2) is 4.99 Å². The predicted molar refractivity (Wildman–Crippen MR) is 77.2 cm³/mol. The first kappa shape index (κ1) is 13.0. The van der Waals surface area contributed by atoms with Crippen LogP contribution in [0.2, 0.25) is 0 Å². The number of amides is 1. The smallest absolute Gasteiger partial charge is 0.275 e. The van der Waals surface area contributed by atoms with Crippen LogP contribution in [-0.4, -0.2) is 11.7 Å². The number of rotatable bonds is 1. The Balaban J connectivity index is 2.38. The van der Waals surface area contributed by atoms with Gasteiger partial charge < -0.3 is 5.32 Å². The molecule has 2 rings (SSSR count). The minimum atomic E-state index is -0.154. The molecule has 0 spiro atoms. The van der Waals surface area contributed by atoms with Crippen molar-refractivity contribution in [2.75, 3.05) is 0 Å². The number of nitrogens with one attached hydrogen (secondary N) is 1. The summed E-state index contributed by atoms with van der Waals surface area (Å²) in [6, 6.07) is 7.74. The first-order chi connectivity index (χ1) is 8.38. The molecule has 1 aromatic carbocycles. The van der Waals surface area contributed by atoms with Crippen molar-refractivity contribution in [2.45, 2.75) is 20.8 Å². The summed E-state index contributed by atoms with van der Waals surface area (Å²) in [5.41, 5.74) is 1.24. The van der Waals surface area contributed by atoms with Gasteiger partial charge in [0.1, 0.15) is 11.5 Å². The fourth-order valence-corrected chi connectivity index (χ4v) is 1.96. The molecule has 0 radical (unpaired) electrons. The van der Waals surface area contributed by atoms with Gasteiger partial charge in [-0.05, 0) is 17.7 Å². The Kier molecular flexibility index (Phi) is 3.39. The summed E-state index contributed by atoms with van der Waals surface area (Å²) < 4.78 is 0.949. The van der Waals surface area contributed by atoms with Gasteiger partial charge in [-0.3, -0.25) is 4.79 Å². The van der Waals surface area contributed by atoms with Gasteiger partial charge in [-0.1, -0.05) is 54.9 Å². The highest BCUT2D eigenvalue weighted by Crippen LogP contribution is 2.24. The van der Waals surface area contributed by atoms with Crippen LogP contribution < -0.4 is 5.32 Å². The number of carbonyl (C=O) groups excluding carboxylic acids is 1. The van der Waals surface area contributed by atoms with E-state index in [2.05, 4.69) is 26.2 Å². The minimum absolute atomic E-state index is 0.143. The molecule has 1 aliphatic heterocycles. The second-order valence-corrected chi connectivity index (χ2v) is 6.07. The Bertz CT molecular complexity index is 553. The van der Waals surface area contributed by atoms with Crippen molar-refractivity contribution < 1.29 is 4.79 Å². The van der Waals surface area contributed by atoms with Crippen LogP contribution in [0, 0.1) is 5.41 Å². The average molecular weight is 307 g/mol. The first-order valence-corrected chi connectivity index (χ1v) is 6.54. The van der Waals surface area contributed by atoms with Crippen LogP contribution in [-0.2, 0) is 4.79 Å². The molecule has 0 saturated heterocycles. The SMILES string of the molecule is CC(C)(C)C1=N/C(=C\c2ccccc2Br)C(=O)N1. The number of aliphatic imine (C=N–C) groups is 1. The highest BCUT2D eigenvalue weighted by Gasteiger charge is 2.28. The van der Waals surface area contributed by atoms with E-state index in [1.54, 1.807) is 6.08 Å². The zero-order valence-electron chi connectivity index (χ0n) is 10.6. The summed E-state index contributed by atoms with van der Waals surface area (Å²) >= 11 is 3.45. The number of benzene rings is 1. The molecule has 0 aliphatic carbocycles. The lowest BCUT2D eigenvalue weighted by Gasteiger charge is -2.16. The van der Waals surface area contributed by atoms with Gasteiger partial charge in [0.2, 0.25) is 0 Å². The van der Waals surface area contributed by atoms with E-state index in [-0.39, 0.29) is 11.3 Å². The van der Waals surface area contributed by atoms with Gasteiger partial charge in [0.15, 0.2) is 0 Å². The molecule has 1 heterocycles. The molecular formula is C14H15BrN2O. The zero-order chi connectivity index (χ0) is 13.3. The summed E-state index contributed by atoms with van der Waals surface area (Å²) in [5, 5.41) is 2.81. The third kappa shape index (κ3) is 2.70. The molecule has 0 fully saturated rings. The maximum atomic E-state index is 11.8. The second kappa shape index (κ2) is 4.69. The standard InChI is InChI=1S/C14H15BrN2O/c1-14(2,3)13-16-11(12(18)17-13)8-9-6-4-5-7-10(9)15/h4-8H,1-3H3,(H,16,17,18)/b11-8-. The molecule has 94 valence electrons. The van der Waals surface area contributed by atoms with Gasteiger partial charge in [-0.15, -0.1) is 0 Å². The highest BCUT2D eigenvalue weighted by molar-refractivity contribution is 9.10. The van der Waals surface area contributed by atoms with Crippen LogP contribution in [0.3, 0.4) is 0 Å². The van der Waals surface area contributed by atoms with E-state index in [9.17, 15) is 4.79 Å². The predicted octanol–water partition coefficient (Wildman–Crippen LogP) is 3.36. The maximum absolute atomic E-state index is 11.8. The van der Waals surface area contributed by atoms with E-state index in [0.29, 0.717) is 11.5 Å². The number of amidine groups is 1. The summed E-state index contributed by atoms with van der Waals surface area (Å²) in [7, 11) is 0. The molecule has 4 heteroatoms. The Hall–Kier alpha value is -1.42. The van der Waals surface area contributed by atoms with E-state index in [1.807, 2.05) is 45.0 Å². The van der Waals surface area contributed by atoms with Crippen molar-refractivity contribution in [1.29, 1.82) is 0 Å². The Morgan fingerprint density at radius 3 is 2.50 bits per heavy atom. The fourth-order valence-electron chi connectivity index (χ4n) is 1.56. The van der Waals surface area contributed by atoms with Crippen molar-refractivity contribution in [3.05, 3.63) is 40.0 Å². The topological polar surface area (TPSA) is 41.5 Å². The zero-order valence-corrected chi connectivity index (χ0v) is 12.2. The summed E-state index contributed by atoms with van der Waals surface area (Å²) in [6.45, 7) is 6.06. The second-order valence-electron chi connectivity index (χ2n) is 5.22. The van der Waals surface area contributed by atoms with Crippen LogP contribution in [0.4, 0.5) is 0 Å². The lowest BCUT2D eigenvalue weighted by atomic mass is 9.95. The van der Waals surface area contributed by atoms with E-state index in [1.165, 1.54) is 0 Å². The Labute approximate surface area is 115 Å². The molecule has 0 bridgehead atoms. The van der Waals surface area contributed by atoms with Crippen LogP contribution in [0.15, 0.2) is 39.4 Å². The highest BCUT2D eigenvalue weighted by atomic mass is 79.9. The first-order valence-electron chi connectivity index (χ1n) is 5.75. The number of hydrogen-bond donors (Lipinski definition) is 1. The quantitative estimate of drug-likeness (QED) is 0.794. The molecule has 18 heavy (non-hydrogen) atoms. The van der Waals surface area contributed by atoms with Crippen molar-refractivity contribution in [3.8, 4) is 0 Å². The van der Waals surface area contributed by atoms with Crippen LogP contribution in [0.25, 0.3) is 6.08 Å². The Morgan fingerprint density at radius 1 is 1.28 bits per heavy atom. The van der Waals surface area contributed by atoms with Crippen LogP contribution >= 0.6 is 15.9 Å². The van der Waals surface area contributed by atoms with Gasteiger partial charge in [0.05, 0.1) is 0 Å². The molecule has 0 unspecified atom stereocenters. The third-order valence-corrected chi connectivity index (χ3v) is 3.33. The summed E-state index contributed by atoms with van der Waals surface area (Å²) in [4.78, 5) is 16.2. The number of nitrogens with zero attached hydrogens (tertiary/aromatic N) is 1. The molecule has 0 saturated carbocycles. The molecular weight excluding hydrogens is 292 g/mol. The monoisotopic (exact) mass is 306 g/mol. The van der Waals surface area contributed by atoms with E-state index in [0.717, 1.165) is 10.0 Å². The van der Waals surface area contributed by atoms with Crippen LogP contribution in [0.5, 0.6) is 0 Å². The van der Waals surface area contributed by atoms with Gasteiger partial charge >= 0.3 is 0 Å². The summed E-state index contributed by atoms with van der Waals surface area (Å²) in [6.07, 6.45) is 1.79. The fraction of sp³-hybridized carbons (Fsp3) is 0.286. The average Bonchev–Trinajstić information content (AvgIpc) is 2.63. The normalized spacial score (nSPS) is 17.9. The lowest BCUT2D eigenvalue weighted by Crippen LogP contribution is -2.34. The minimum Gasteiger partial charge on any atom is -0.308 e. The summed E-state index contributed by atoms with van der Waals surface area (Å²) in [5.74, 6) is 0.571. The maximum Gasteiger partial charge on any atom is 0.275 e. The number of halogens is 1. The molecule has 1 N–H and O–H groups in total. The lowest BCUT2D eigenvalue weighted by molar-refractivity contribution is -0.115. The van der Waals surface area contributed by atoms with Gasteiger partial charge in [0.25, 0.3) is 5.91 Å². The number of carbonyl (C=O) groups is 1. The van der Waals surface area contributed by atoms with Crippen molar-refractivity contribution >= 4 is 33.7 Å². The Morgan fingerprint density at radius 2 is 1.94 bits per heavy atom. The van der Waals surface area contributed by atoms with Gasteiger partial charge in [0, 0.05) is 9.89 Å². The molecule has 1 amide bonds. The molecule has 0 aromatic heterocycles. The van der Waals surface area contributed by atoms with E-state index in [4.69, 9.17) is 0 Å². The van der Waals surface area contributed by atoms with E-state index < -0.39 is 0 Å². The van der Waals surface area contributed by atoms with E-state index >= 15 is 0 Å². The third-order valence-electron chi connectivity index (χ3n) is 2.60. The largest absolute Gasteiger partial charge is 0.308 e. The molecule has 1 aromatic rings. The molecule has 0 atom stereocenters. The van der Waals surface area contributed by atoms with Crippen molar-refractivity contribution in [1.82, 2.24) is 5.32 Å². The molecule has 3 nitrogen and oxygen atoms in total. The van der Waals surface area contributed by atoms with Gasteiger partial charge in [-0.2, -0.15) is 0 Å².